The number of carbonyl (C=O) groups excluding carboxylic acids is 1. The highest BCUT2D eigenvalue weighted by Crippen LogP contribution is 2.41. The lowest BCUT2D eigenvalue weighted by Crippen LogP contribution is -2.19. The molecule has 138 valence electrons. The summed E-state index contributed by atoms with van der Waals surface area (Å²) in [6.45, 7) is -2.61. The topological polar surface area (TPSA) is 102 Å². The number of ether oxygens (including phenoxy) is 1. The Bertz CT molecular complexity index is 1080. The molecule has 1 aromatic carbocycles. The molecule has 0 atom stereocenters. The van der Waals surface area contributed by atoms with E-state index >= 15 is 0 Å². The van der Waals surface area contributed by atoms with Crippen LogP contribution in [0.3, 0.4) is 0 Å². The number of aromatic nitrogens is 3. The fourth-order valence-electron chi connectivity index (χ4n) is 2.77. The summed E-state index contributed by atoms with van der Waals surface area (Å²) in [5, 5.41) is 9.14. The smallest absolute Gasteiger partial charge is 0.254 e. The van der Waals surface area contributed by atoms with E-state index in [0.29, 0.717) is 40.3 Å². The minimum atomic E-state index is -2.61. The molecule has 2 heterocycles. The summed E-state index contributed by atoms with van der Waals surface area (Å²) >= 11 is 0. The average molecular weight is 368 g/mol. The second-order valence-corrected chi connectivity index (χ2v) is 6.12. The molecular weight excluding hydrogens is 346 g/mol. The molecular formula is C19H19N5O3. The quantitative estimate of drug-likeness (QED) is 0.689. The van der Waals surface area contributed by atoms with Crippen LogP contribution in [-0.2, 0) is 0 Å². The number of nitrogens with one attached hydrogen (secondary N) is 2. The molecule has 8 heteroatoms. The zero-order valence-electron chi connectivity index (χ0n) is 17.5. The molecule has 0 saturated heterocycles. The third-order valence-corrected chi connectivity index (χ3v) is 4.28. The highest BCUT2D eigenvalue weighted by atomic mass is 16.5. The zero-order valence-corrected chi connectivity index (χ0v) is 14.5. The first-order valence-corrected chi connectivity index (χ1v) is 8.40. The predicted octanol–water partition coefficient (Wildman–Crippen LogP) is 3.12. The van der Waals surface area contributed by atoms with Crippen molar-refractivity contribution in [2.24, 2.45) is 0 Å². The van der Waals surface area contributed by atoms with Crippen LogP contribution in [-0.4, -0.2) is 35.1 Å². The molecule has 27 heavy (non-hydrogen) atoms. The van der Waals surface area contributed by atoms with Crippen LogP contribution in [0.15, 0.2) is 41.2 Å². The van der Waals surface area contributed by atoms with E-state index in [1.54, 1.807) is 24.3 Å². The Morgan fingerprint density at radius 3 is 3.00 bits per heavy atom. The Labute approximate surface area is 160 Å². The number of anilines is 2. The van der Waals surface area contributed by atoms with Gasteiger partial charge in [-0.05, 0) is 31.0 Å². The first kappa shape index (κ1) is 13.7. The second-order valence-electron chi connectivity index (χ2n) is 6.12. The Balaban J connectivity index is 1.66. The van der Waals surface area contributed by atoms with Crippen molar-refractivity contribution in [1.29, 1.82) is 0 Å². The van der Waals surface area contributed by atoms with Gasteiger partial charge in [-0.3, -0.25) is 9.78 Å². The Morgan fingerprint density at radius 2 is 2.22 bits per heavy atom. The van der Waals surface area contributed by atoms with E-state index in [2.05, 4.69) is 20.4 Å². The highest BCUT2D eigenvalue weighted by molar-refractivity contribution is 6.00. The van der Waals surface area contributed by atoms with Crippen molar-refractivity contribution in [3.63, 3.8) is 0 Å². The van der Waals surface area contributed by atoms with Crippen LogP contribution in [0.2, 0.25) is 0 Å². The summed E-state index contributed by atoms with van der Waals surface area (Å²) in [4.78, 5) is 20.8. The van der Waals surface area contributed by atoms with E-state index in [1.165, 1.54) is 19.5 Å². The molecule has 0 aliphatic heterocycles. The monoisotopic (exact) mass is 368 g/mol. The Kier molecular flexibility index (Phi) is 3.60. The summed E-state index contributed by atoms with van der Waals surface area (Å²) in [5.74, 6) is 1.04. The van der Waals surface area contributed by atoms with Crippen LogP contribution >= 0.6 is 0 Å². The third-order valence-electron chi connectivity index (χ3n) is 4.28. The van der Waals surface area contributed by atoms with Crippen molar-refractivity contribution < 1.29 is 18.2 Å². The fourth-order valence-corrected chi connectivity index (χ4v) is 2.77. The number of hydrogen-bond acceptors (Lipinski definition) is 7. The molecule has 2 aromatic heterocycles. The van der Waals surface area contributed by atoms with E-state index in [4.69, 9.17) is 13.4 Å². The predicted molar refractivity (Wildman–Crippen MR) is 99.2 cm³/mol. The number of hydrogen-bond donors (Lipinski definition) is 2. The summed E-state index contributed by atoms with van der Waals surface area (Å²) in [5.41, 5.74) is 1.62. The molecule has 1 aliphatic carbocycles. The number of rotatable bonds is 6. The average Bonchev–Trinajstić information content (AvgIpc) is 3.44. The van der Waals surface area contributed by atoms with Gasteiger partial charge in [-0.25, -0.2) is 0 Å². The van der Waals surface area contributed by atoms with E-state index in [0.717, 1.165) is 12.8 Å². The normalized spacial score (nSPS) is 15.4. The van der Waals surface area contributed by atoms with Crippen molar-refractivity contribution in [2.75, 3.05) is 19.4 Å². The molecule has 0 spiro atoms. The van der Waals surface area contributed by atoms with E-state index in [9.17, 15) is 4.79 Å². The van der Waals surface area contributed by atoms with Crippen LogP contribution < -0.4 is 15.4 Å². The largest absolute Gasteiger partial charge is 0.494 e. The lowest BCUT2D eigenvalue weighted by molar-refractivity contribution is 0.0963. The summed E-state index contributed by atoms with van der Waals surface area (Å²) in [6.07, 6.45) is 4.87. The standard InChI is InChI=1S/C19H19N5O3/c1-20-18(25)13-10-21-9-8-14(13)22-15-5-3-4-12(16(15)26-2)17-23-19(27-24-17)11-6-7-11/h3-5,8-11H,6-7H2,1-2H3,(H,20,25)(H,21,22)/i1D3. The number of methoxy groups -OCH3 is 1. The molecule has 0 bridgehead atoms. The van der Waals surface area contributed by atoms with Crippen LogP contribution in [0.25, 0.3) is 11.4 Å². The summed E-state index contributed by atoms with van der Waals surface area (Å²) < 4.78 is 32.7. The molecule has 1 aliphatic rings. The summed E-state index contributed by atoms with van der Waals surface area (Å²) in [6, 6.07) is 6.92. The van der Waals surface area contributed by atoms with Crippen molar-refractivity contribution >= 4 is 17.3 Å². The van der Waals surface area contributed by atoms with Crippen LogP contribution in [0, 0.1) is 0 Å². The Hall–Kier alpha value is -3.42. The van der Waals surface area contributed by atoms with Gasteiger partial charge in [0, 0.05) is 29.4 Å². The van der Waals surface area contributed by atoms with Gasteiger partial charge in [0.15, 0.2) is 5.75 Å². The molecule has 4 rings (SSSR count). The van der Waals surface area contributed by atoms with Gasteiger partial charge >= 0.3 is 0 Å². The van der Waals surface area contributed by atoms with Crippen molar-refractivity contribution in [2.45, 2.75) is 18.8 Å². The maximum Gasteiger partial charge on any atom is 0.254 e. The van der Waals surface area contributed by atoms with Crippen molar-refractivity contribution in [3.05, 3.63) is 48.1 Å². The molecule has 0 unspecified atom stereocenters. The third kappa shape index (κ3) is 3.33. The molecule has 2 N–H and O–H groups in total. The lowest BCUT2D eigenvalue weighted by Gasteiger charge is -2.15. The Morgan fingerprint density at radius 1 is 1.33 bits per heavy atom. The zero-order chi connectivity index (χ0) is 21.3. The number of benzene rings is 1. The first-order chi connectivity index (χ1) is 14.4. The van der Waals surface area contributed by atoms with E-state index in [-0.39, 0.29) is 5.56 Å². The fraction of sp³-hybridized carbons (Fsp3) is 0.263. The number of amides is 1. The van der Waals surface area contributed by atoms with Crippen LogP contribution in [0.1, 0.15) is 39.1 Å². The minimum Gasteiger partial charge on any atom is -0.494 e. The van der Waals surface area contributed by atoms with Gasteiger partial charge < -0.3 is 19.9 Å². The molecule has 3 aromatic rings. The minimum absolute atomic E-state index is 0.0802. The second kappa shape index (κ2) is 7.06. The number of nitrogens with zero attached hydrogens (tertiary/aromatic N) is 3. The van der Waals surface area contributed by atoms with Crippen LogP contribution in [0.4, 0.5) is 11.4 Å². The van der Waals surface area contributed by atoms with Gasteiger partial charge in [0.2, 0.25) is 11.7 Å². The maximum absolute atomic E-state index is 12.4. The maximum atomic E-state index is 12.4. The number of pyridine rings is 1. The SMILES string of the molecule is [2H]C([2H])([2H])NC(=O)c1cnccc1Nc1cccc(-c2noc(C3CC3)n2)c1OC. The van der Waals surface area contributed by atoms with Gasteiger partial charge in [-0.2, -0.15) is 4.98 Å². The molecule has 8 nitrogen and oxygen atoms in total. The number of para-hydroxylation sites is 1. The molecule has 1 amide bonds. The van der Waals surface area contributed by atoms with Gasteiger partial charge in [-0.15, -0.1) is 0 Å². The van der Waals surface area contributed by atoms with Gasteiger partial charge in [0.05, 0.1) is 29.6 Å². The van der Waals surface area contributed by atoms with Crippen molar-refractivity contribution in [3.8, 4) is 17.1 Å². The van der Waals surface area contributed by atoms with Gasteiger partial charge in [-0.1, -0.05) is 11.2 Å². The lowest BCUT2D eigenvalue weighted by atomic mass is 10.1. The molecule has 0 radical (unpaired) electrons. The molecule has 1 saturated carbocycles. The van der Waals surface area contributed by atoms with Gasteiger partial charge in [0.25, 0.3) is 5.91 Å². The van der Waals surface area contributed by atoms with Gasteiger partial charge in [0.1, 0.15) is 0 Å². The summed E-state index contributed by atoms with van der Waals surface area (Å²) in [7, 11) is 1.51. The molecule has 1 fully saturated rings. The van der Waals surface area contributed by atoms with Crippen LogP contribution in [0.5, 0.6) is 5.75 Å². The highest BCUT2D eigenvalue weighted by Gasteiger charge is 2.30. The van der Waals surface area contributed by atoms with Crippen molar-refractivity contribution in [1.82, 2.24) is 20.4 Å². The van der Waals surface area contributed by atoms with E-state index in [1.807, 2.05) is 5.32 Å². The van der Waals surface area contributed by atoms with E-state index < -0.39 is 12.9 Å². The first-order valence-electron chi connectivity index (χ1n) is 9.90. The number of carbonyl (C=O) groups is 1.